The van der Waals surface area contributed by atoms with E-state index < -0.39 is 5.97 Å². The minimum absolute atomic E-state index is 0.301. The van der Waals surface area contributed by atoms with Gasteiger partial charge in [0.15, 0.2) is 0 Å². The van der Waals surface area contributed by atoms with Crippen molar-refractivity contribution >= 4 is 16.9 Å². The van der Waals surface area contributed by atoms with Gasteiger partial charge in [0.05, 0.1) is 23.0 Å². The first-order valence-electron chi connectivity index (χ1n) is 6.49. The number of aromatic carboxylic acids is 1. The number of hydrogen-bond donors (Lipinski definition) is 1. The zero-order valence-corrected chi connectivity index (χ0v) is 11.1. The first kappa shape index (κ1) is 12.4. The molecule has 2 heterocycles. The maximum Gasteiger partial charge on any atom is 0.335 e. The molecule has 20 heavy (non-hydrogen) atoms. The minimum Gasteiger partial charge on any atom is -0.478 e. The summed E-state index contributed by atoms with van der Waals surface area (Å²) in [6.07, 6.45) is 4.68. The molecule has 0 atom stereocenters. The highest BCUT2D eigenvalue weighted by molar-refractivity contribution is 5.94. The molecule has 0 amide bonds. The molecule has 0 saturated carbocycles. The van der Waals surface area contributed by atoms with E-state index in [9.17, 15) is 4.79 Å². The summed E-state index contributed by atoms with van der Waals surface area (Å²) in [4.78, 5) is 15.4. The summed E-state index contributed by atoms with van der Waals surface area (Å²) in [5.41, 5.74) is 3.30. The lowest BCUT2D eigenvalue weighted by atomic mass is 10.1. The molecule has 3 rings (SSSR count). The van der Waals surface area contributed by atoms with Gasteiger partial charge in [-0.15, -0.1) is 0 Å². The van der Waals surface area contributed by atoms with Crippen LogP contribution in [0.15, 0.2) is 48.8 Å². The molecule has 1 aromatic carbocycles. The lowest BCUT2D eigenvalue weighted by molar-refractivity contribution is 0.0697. The summed E-state index contributed by atoms with van der Waals surface area (Å²) >= 11 is 0. The minimum atomic E-state index is -0.909. The Bertz CT molecular complexity index is 773. The van der Waals surface area contributed by atoms with Crippen LogP contribution in [0.3, 0.4) is 0 Å². The van der Waals surface area contributed by atoms with Crippen molar-refractivity contribution < 1.29 is 9.90 Å². The highest BCUT2D eigenvalue weighted by atomic mass is 16.4. The van der Waals surface area contributed by atoms with Crippen molar-refractivity contribution in [1.29, 1.82) is 0 Å². The molecule has 0 aliphatic carbocycles. The fourth-order valence-electron chi connectivity index (χ4n) is 2.27. The zero-order valence-electron chi connectivity index (χ0n) is 11.1. The third kappa shape index (κ3) is 2.05. The zero-order chi connectivity index (χ0) is 14.1. The van der Waals surface area contributed by atoms with Gasteiger partial charge in [0.1, 0.15) is 0 Å². The van der Waals surface area contributed by atoms with Crippen LogP contribution in [-0.2, 0) is 6.42 Å². The van der Waals surface area contributed by atoms with Crippen LogP contribution in [0.2, 0.25) is 0 Å². The van der Waals surface area contributed by atoms with Crippen LogP contribution in [0.25, 0.3) is 16.6 Å². The molecule has 0 bridgehead atoms. The maximum atomic E-state index is 11.0. The molecule has 0 fully saturated rings. The third-order valence-corrected chi connectivity index (χ3v) is 3.39. The second-order valence-electron chi connectivity index (χ2n) is 4.63. The summed E-state index contributed by atoms with van der Waals surface area (Å²) in [6, 6.07) is 11.1. The molecule has 0 spiro atoms. The molecule has 100 valence electrons. The van der Waals surface area contributed by atoms with Gasteiger partial charge in [0.25, 0.3) is 0 Å². The van der Waals surface area contributed by atoms with Crippen molar-refractivity contribution in [3.8, 4) is 5.69 Å². The number of nitrogens with zero attached hydrogens (tertiary/aromatic N) is 2. The smallest absolute Gasteiger partial charge is 0.335 e. The van der Waals surface area contributed by atoms with Crippen molar-refractivity contribution in [2.24, 2.45) is 0 Å². The SMILES string of the molecule is CCc1ccc(-n2ccc3cc(C(=O)O)ccc32)cn1. The number of fused-ring (bicyclic) bond motifs is 1. The van der Waals surface area contributed by atoms with Gasteiger partial charge in [-0.05, 0) is 42.8 Å². The fraction of sp³-hybridized carbons (Fsp3) is 0.125. The molecule has 0 aliphatic rings. The van der Waals surface area contributed by atoms with Crippen LogP contribution in [0.5, 0.6) is 0 Å². The van der Waals surface area contributed by atoms with E-state index in [4.69, 9.17) is 5.11 Å². The predicted molar refractivity (Wildman–Crippen MR) is 77.4 cm³/mol. The molecule has 1 N–H and O–H groups in total. The van der Waals surface area contributed by atoms with E-state index in [1.807, 2.05) is 41.2 Å². The quantitative estimate of drug-likeness (QED) is 0.791. The van der Waals surface area contributed by atoms with Crippen LogP contribution in [-0.4, -0.2) is 20.6 Å². The van der Waals surface area contributed by atoms with Crippen LogP contribution in [0.1, 0.15) is 23.0 Å². The Labute approximate surface area is 116 Å². The van der Waals surface area contributed by atoms with Gasteiger partial charge in [-0.1, -0.05) is 6.92 Å². The summed E-state index contributed by atoms with van der Waals surface area (Å²) in [6.45, 7) is 2.07. The van der Waals surface area contributed by atoms with Gasteiger partial charge in [-0.2, -0.15) is 0 Å². The number of aromatic nitrogens is 2. The topological polar surface area (TPSA) is 55.1 Å². The lowest BCUT2D eigenvalue weighted by Crippen LogP contribution is -1.97. The van der Waals surface area contributed by atoms with Gasteiger partial charge in [-0.3, -0.25) is 4.98 Å². The van der Waals surface area contributed by atoms with Crippen molar-refractivity contribution in [2.45, 2.75) is 13.3 Å². The number of pyridine rings is 1. The van der Waals surface area contributed by atoms with Crippen LogP contribution in [0, 0.1) is 0 Å². The summed E-state index contributed by atoms with van der Waals surface area (Å²) < 4.78 is 2.01. The lowest BCUT2D eigenvalue weighted by Gasteiger charge is -2.06. The molecule has 4 nitrogen and oxygen atoms in total. The summed E-state index contributed by atoms with van der Waals surface area (Å²) in [5.74, 6) is -0.909. The number of benzene rings is 1. The summed E-state index contributed by atoms with van der Waals surface area (Å²) in [5, 5.41) is 9.92. The Morgan fingerprint density at radius 1 is 1.25 bits per heavy atom. The number of hydrogen-bond acceptors (Lipinski definition) is 2. The van der Waals surface area contributed by atoms with E-state index in [0.717, 1.165) is 28.7 Å². The Balaban J connectivity index is 2.09. The molecule has 0 radical (unpaired) electrons. The number of rotatable bonds is 3. The van der Waals surface area contributed by atoms with E-state index in [2.05, 4.69) is 11.9 Å². The predicted octanol–water partition coefficient (Wildman–Crippen LogP) is 3.29. The standard InChI is InChI=1S/C16H14N2O2/c1-2-13-4-5-14(10-17-13)18-8-7-11-9-12(16(19)20)3-6-15(11)18/h3-10H,2H2,1H3,(H,19,20). The van der Waals surface area contributed by atoms with Crippen LogP contribution in [0.4, 0.5) is 0 Å². The Morgan fingerprint density at radius 3 is 2.75 bits per heavy atom. The largest absolute Gasteiger partial charge is 0.478 e. The monoisotopic (exact) mass is 266 g/mol. The molecule has 0 aliphatic heterocycles. The van der Waals surface area contributed by atoms with Gasteiger partial charge in [0.2, 0.25) is 0 Å². The number of carboxylic acids is 1. The van der Waals surface area contributed by atoms with Gasteiger partial charge in [-0.25, -0.2) is 4.79 Å². The number of carboxylic acid groups (broad SMARTS) is 1. The van der Waals surface area contributed by atoms with E-state index in [-0.39, 0.29) is 0 Å². The molecule has 0 unspecified atom stereocenters. The van der Waals surface area contributed by atoms with Crippen LogP contribution < -0.4 is 0 Å². The Kier molecular flexibility index (Phi) is 2.99. The highest BCUT2D eigenvalue weighted by Gasteiger charge is 2.07. The number of aryl methyl sites for hydroxylation is 1. The fourth-order valence-corrected chi connectivity index (χ4v) is 2.27. The van der Waals surface area contributed by atoms with E-state index in [1.165, 1.54) is 0 Å². The Morgan fingerprint density at radius 2 is 2.10 bits per heavy atom. The average molecular weight is 266 g/mol. The molecule has 4 heteroatoms. The van der Waals surface area contributed by atoms with Gasteiger partial charge >= 0.3 is 5.97 Å². The maximum absolute atomic E-state index is 11.0. The number of carbonyl (C=O) groups is 1. The Hall–Kier alpha value is -2.62. The van der Waals surface area contributed by atoms with Crippen molar-refractivity contribution in [1.82, 2.24) is 9.55 Å². The average Bonchev–Trinajstić information content (AvgIpc) is 2.90. The molecular weight excluding hydrogens is 252 g/mol. The van der Waals surface area contributed by atoms with Gasteiger partial charge < -0.3 is 9.67 Å². The molecular formula is C16H14N2O2. The van der Waals surface area contributed by atoms with E-state index in [0.29, 0.717) is 5.56 Å². The molecule has 2 aromatic heterocycles. The third-order valence-electron chi connectivity index (χ3n) is 3.39. The summed E-state index contributed by atoms with van der Waals surface area (Å²) in [7, 11) is 0. The van der Waals surface area contributed by atoms with E-state index in [1.54, 1.807) is 12.1 Å². The second kappa shape index (κ2) is 4.81. The van der Waals surface area contributed by atoms with Crippen LogP contribution >= 0.6 is 0 Å². The van der Waals surface area contributed by atoms with Crippen molar-refractivity contribution in [2.75, 3.05) is 0 Å². The van der Waals surface area contributed by atoms with Gasteiger partial charge in [0, 0.05) is 17.3 Å². The van der Waals surface area contributed by atoms with Crippen molar-refractivity contribution in [3.05, 3.63) is 60.0 Å². The second-order valence-corrected chi connectivity index (χ2v) is 4.63. The van der Waals surface area contributed by atoms with Crippen molar-refractivity contribution in [3.63, 3.8) is 0 Å². The first-order chi connectivity index (χ1) is 9.69. The normalized spacial score (nSPS) is 10.8. The highest BCUT2D eigenvalue weighted by Crippen LogP contribution is 2.21. The van der Waals surface area contributed by atoms with E-state index >= 15 is 0 Å². The molecule has 3 aromatic rings. The first-order valence-corrected chi connectivity index (χ1v) is 6.49. The molecule has 0 saturated heterocycles.